The van der Waals surface area contributed by atoms with Gasteiger partial charge in [0.05, 0.1) is 48.7 Å². The number of amides is 5. The molecule has 2 aromatic rings. The number of aromatic nitrogens is 1. The van der Waals surface area contributed by atoms with Crippen molar-refractivity contribution in [1.29, 1.82) is 0 Å². The van der Waals surface area contributed by atoms with Crippen LogP contribution in [0.15, 0.2) is 41.9 Å². The first kappa shape index (κ1) is 55.2. The number of likely N-dealkylation sites (tertiary alicyclic amines) is 1. The van der Waals surface area contributed by atoms with Gasteiger partial charge in [-0.15, -0.1) is 11.3 Å². The van der Waals surface area contributed by atoms with Crippen LogP contribution in [0.25, 0.3) is 0 Å². The van der Waals surface area contributed by atoms with E-state index >= 15 is 0 Å². The maximum absolute atomic E-state index is 14.6. The average molecular weight is 928 g/mol. The minimum absolute atomic E-state index is 0.0154. The quantitative estimate of drug-likeness (QED) is 0.0938. The number of methoxy groups -OCH3 is 2. The summed E-state index contributed by atoms with van der Waals surface area (Å²) in [6.45, 7) is 20.6. The Morgan fingerprint density at radius 1 is 0.938 bits per heavy atom. The molecule has 1 saturated heterocycles. The number of hydrogen-bond acceptors (Lipinski definition) is 11. The van der Waals surface area contributed by atoms with Crippen LogP contribution in [0.3, 0.4) is 0 Å². The third-order valence-corrected chi connectivity index (χ3v) is 13.5. The molecule has 0 bridgehead atoms. The van der Waals surface area contributed by atoms with E-state index in [0.29, 0.717) is 38.9 Å². The van der Waals surface area contributed by atoms with Gasteiger partial charge in [-0.1, -0.05) is 85.2 Å². The van der Waals surface area contributed by atoms with Crippen LogP contribution in [0.4, 0.5) is 4.79 Å². The molecule has 0 aliphatic carbocycles. The maximum atomic E-state index is 14.6. The standard InChI is InChI=1S/C49H81N7O8S/c1-15-33(6)42(55(12)47(60)40(31(2)3)53-45(59)41(32(4)5)54(11)26-20-24-51-48(61)64-49(8,9)10)38(62-13)30-39(57)56-27-19-23-37(56)43(63-14)34(7)44(58)52-36(46-50-25-28-65-46)29-35-21-17-16-18-22-35/h16-18,21-22,25,28,31-34,36-38,40-43H,15,19-20,23-24,26-27,29-30H2,1-14H3,(H,51,61)(H,52,58)(H,53,59). The highest BCUT2D eigenvalue weighted by molar-refractivity contribution is 7.09. The SMILES string of the molecule is CCC(C)C(C(CC(=O)N1CCCC1C(OC)C(C)C(=O)NC(Cc1ccccc1)c1nccs1)OC)N(C)C(=O)C(NC(=O)C(C(C)C)N(C)CCCNC(=O)OC(C)(C)C)C(C)C. The van der Waals surface area contributed by atoms with Gasteiger partial charge >= 0.3 is 6.09 Å². The Balaban J connectivity index is 1.74. The monoisotopic (exact) mass is 928 g/mol. The summed E-state index contributed by atoms with van der Waals surface area (Å²) < 4.78 is 17.5. The van der Waals surface area contributed by atoms with Gasteiger partial charge in [-0.25, -0.2) is 9.78 Å². The van der Waals surface area contributed by atoms with Gasteiger partial charge in [0.15, 0.2) is 0 Å². The van der Waals surface area contributed by atoms with Gasteiger partial charge in [-0.2, -0.15) is 0 Å². The molecule has 0 saturated carbocycles. The van der Waals surface area contributed by atoms with Crippen LogP contribution in [0.5, 0.6) is 0 Å². The topological polar surface area (TPSA) is 172 Å². The Hall–Kier alpha value is -4.12. The Morgan fingerprint density at radius 3 is 2.17 bits per heavy atom. The molecule has 0 radical (unpaired) electrons. The summed E-state index contributed by atoms with van der Waals surface area (Å²) in [5.41, 5.74) is 0.485. The first-order valence-corrected chi connectivity index (χ1v) is 24.4. The predicted molar refractivity (Wildman–Crippen MR) is 256 cm³/mol. The van der Waals surface area contributed by atoms with Crippen LogP contribution >= 0.6 is 11.3 Å². The van der Waals surface area contributed by atoms with Crippen molar-refractivity contribution in [2.75, 3.05) is 47.9 Å². The summed E-state index contributed by atoms with van der Waals surface area (Å²) >= 11 is 1.50. The van der Waals surface area contributed by atoms with Crippen molar-refractivity contribution in [2.24, 2.45) is 23.7 Å². The molecule has 1 aliphatic heterocycles. The number of thiazole rings is 1. The predicted octanol–water partition coefficient (Wildman–Crippen LogP) is 6.48. The molecule has 3 N–H and O–H groups in total. The van der Waals surface area contributed by atoms with Crippen molar-refractivity contribution in [1.82, 2.24) is 35.6 Å². The molecule has 1 fully saturated rings. The fraction of sp³-hybridized carbons (Fsp3) is 0.714. The number of nitrogens with one attached hydrogen (secondary N) is 3. The molecule has 9 unspecified atom stereocenters. The minimum Gasteiger partial charge on any atom is -0.444 e. The number of benzene rings is 1. The third kappa shape index (κ3) is 16.3. The fourth-order valence-electron chi connectivity index (χ4n) is 9.02. The van der Waals surface area contributed by atoms with E-state index < -0.39 is 47.9 Å². The van der Waals surface area contributed by atoms with Crippen LogP contribution in [-0.2, 0) is 39.8 Å². The highest BCUT2D eigenvalue weighted by Gasteiger charge is 2.43. The number of likely N-dealkylation sites (N-methyl/N-ethyl adjacent to an activating group) is 2. The Morgan fingerprint density at radius 2 is 1.62 bits per heavy atom. The first-order valence-electron chi connectivity index (χ1n) is 23.5. The number of carbonyl (C=O) groups is 5. The van der Waals surface area contributed by atoms with Gasteiger partial charge < -0.3 is 40.0 Å². The summed E-state index contributed by atoms with van der Waals surface area (Å²) in [7, 11) is 6.77. The Labute approximate surface area is 393 Å². The van der Waals surface area contributed by atoms with E-state index in [1.54, 1.807) is 32.4 Å². The average Bonchev–Trinajstić information content (AvgIpc) is 3.97. The summed E-state index contributed by atoms with van der Waals surface area (Å²) in [6.07, 6.45) is 3.39. The summed E-state index contributed by atoms with van der Waals surface area (Å²) in [4.78, 5) is 79.2. The number of rotatable bonds is 25. The molecule has 366 valence electrons. The van der Waals surface area contributed by atoms with Crippen LogP contribution in [0.2, 0.25) is 0 Å². The van der Waals surface area contributed by atoms with E-state index in [4.69, 9.17) is 14.2 Å². The van der Waals surface area contributed by atoms with Crippen LogP contribution < -0.4 is 16.0 Å². The second-order valence-corrected chi connectivity index (χ2v) is 20.3. The number of carbonyl (C=O) groups excluding carboxylic acids is 5. The molecule has 5 amide bonds. The molecule has 9 atom stereocenters. The summed E-state index contributed by atoms with van der Waals surface area (Å²) in [5, 5.41) is 11.8. The molecule has 3 rings (SSSR count). The number of hydrogen-bond donors (Lipinski definition) is 3. The lowest BCUT2D eigenvalue weighted by molar-refractivity contribution is -0.148. The van der Waals surface area contributed by atoms with E-state index in [1.807, 2.05) is 122 Å². The second-order valence-electron chi connectivity index (χ2n) is 19.4. The molecule has 2 heterocycles. The van der Waals surface area contributed by atoms with Crippen molar-refractivity contribution in [2.45, 2.75) is 156 Å². The van der Waals surface area contributed by atoms with Gasteiger partial charge in [-0.05, 0) is 76.8 Å². The molecule has 65 heavy (non-hydrogen) atoms. The molecule has 1 aliphatic rings. The molecular weight excluding hydrogens is 847 g/mol. The smallest absolute Gasteiger partial charge is 0.407 e. The molecule has 16 heteroatoms. The molecule has 0 spiro atoms. The van der Waals surface area contributed by atoms with E-state index in [2.05, 4.69) is 20.9 Å². The summed E-state index contributed by atoms with van der Waals surface area (Å²) in [6, 6.07) is 7.47. The van der Waals surface area contributed by atoms with Crippen molar-refractivity contribution >= 4 is 41.1 Å². The number of alkyl carbamates (subject to hydrolysis) is 1. The van der Waals surface area contributed by atoms with Crippen molar-refractivity contribution < 1.29 is 38.2 Å². The fourth-order valence-corrected chi connectivity index (χ4v) is 9.71. The van der Waals surface area contributed by atoms with Crippen LogP contribution in [-0.4, -0.2) is 139 Å². The minimum atomic E-state index is -0.836. The lowest BCUT2D eigenvalue weighted by Crippen LogP contribution is -2.60. The van der Waals surface area contributed by atoms with E-state index in [0.717, 1.165) is 23.4 Å². The zero-order valence-electron chi connectivity index (χ0n) is 41.7. The maximum Gasteiger partial charge on any atom is 0.407 e. The molecule has 15 nitrogen and oxygen atoms in total. The van der Waals surface area contributed by atoms with Crippen LogP contribution in [0, 0.1) is 23.7 Å². The summed E-state index contributed by atoms with van der Waals surface area (Å²) in [5.74, 6) is -1.77. The zero-order valence-corrected chi connectivity index (χ0v) is 42.5. The van der Waals surface area contributed by atoms with E-state index in [1.165, 1.54) is 11.3 Å². The molecule has 1 aromatic carbocycles. The van der Waals surface area contributed by atoms with Gasteiger partial charge in [-0.3, -0.25) is 24.1 Å². The highest BCUT2D eigenvalue weighted by atomic mass is 32.1. The van der Waals surface area contributed by atoms with Gasteiger partial charge in [0.25, 0.3) is 0 Å². The Bertz CT molecular complexity index is 1770. The molecular formula is C49H81N7O8S. The van der Waals surface area contributed by atoms with Gasteiger partial charge in [0.1, 0.15) is 16.7 Å². The lowest BCUT2D eigenvalue weighted by Gasteiger charge is -2.41. The second kappa shape index (κ2) is 26.3. The van der Waals surface area contributed by atoms with Crippen molar-refractivity contribution in [3.05, 3.63) is 52.5 Å². The lowest BCUT2D eigenvalue weighted by atomic mass is 9.89. The normalized spacial score (nSPS) is 18.0. The number of ether oxygens (including phenoxy) is 3. The van der Waals surface area contributed by atoms with Gasteiger partial charge in [0, 0.05) is 52.5 Å². The van der Waals surface area contributed by atoms with E-state index in [9.17, 15) is 24.0 Å². The van der Waals surface area contributed by atoms with Crippen molar-refractivity contribution in [3.8, 4) is 0 Å². The first-order chi connectivity index (χ1) is 30.6. The molecule has 1 aromatic heterocycles. The van der Waals surface area contributed by atoms with Crippen molar-refractivity contribution in [3.63, 3.8) is 0 Å². The zero-order chi connectivity index (χ0) is 48.6. The van der Waals surface area contributed by atoms with Crippen LogP contribution in [0.1, 0.15) is 118 Å². The Kier molecular flexibility index (Phi) is 22.3. The number of nitrogens with zero attached hydrogens (tertiary/aromatic N) is 4. The highest BCUT2D eigenvalue weighted by Crippen LogP contribution is 2.31. The van der Waals surface area contributed by atoms with E-state index in [-0.39, 0.29) is 59.9 Å². The van der Waals surface area contributed by atoms with Gasteiger partial charge in [0.2, 0.25) is 23.6 Å². The largest absolute Gasteiger partial charge is 0.444 e. The third-order valence-electron chi connectivity index (χ3n) is 12.6.